The van der Waals surface area contributed by atoms with Gasteiger partial charge in [0.25, 0.3) is 0 Å². The minimum absolute atomic E-state index is 0.501. The Morgan fingerprint density at radius 2 is 1.61 bits per heavy atom. The monoisotopic (exact) mass is 238 g/mol. The molecule has 2 aromatic rings. The van der Waals surface area contributed by atoms with Gasteiger partial charge in [0.2, 0.25) is 0 Å². The van der Waals surface area contributed by atoms with Crippen molar-refractivity contribution in [2.24, 2.45) is 0 Å². The Labute approximate surface area is 106 Å². The highest BCUT2D eigenvalue weighted by Crippen LogP contribution is 2.30. The second kappa shape index (κ2) is 4.80. The molecule has 2 N–H and O–H groups in total. The van der Waals surface area contributed by atoms with E-state index in [1.165, 1.54) is 0 Å². The van der Waals surface area contributed by atoms with Gasteiger partial charge < -0.3 is 10.5 Å². The van der Waals surface area contributed by atoms with Crippen molar-refractivity contribution in [3.05, 3.63) is 53.1 Å². The Kier molecular flexibility index (Phi) is 3.20. The number of ether oxygens (including phenoxy) is 1. The molecule has 0 unspecified atom stereocenters. The molecule has 0 amide bonds. The van der Waals surface area contributed by atoms with Gasteiger partial charge in [-0.15, -0.1) is 0 Å². The number of aryl methyl sites for hydroxylation is 2. The highest BCUT2D eigenvalue weighted by atomic mass is 16.5. The summed E-state index contributed by atoms with van der Waals surface area (Å²) in [5.74, 6) is 1.12. The molecule has 0 spiro atoms. The summed E-state index contributed by atoms with van der Waals surface area (Å²) >= 11 is 0. The van der Waals surface area contributed by atoms with Gasteiger partial charge in [-0.25, -0.2) is 0 Å². The summed E-state index contributed by atoms with van der Waals surface area (Å²) in [6.07, 6.45) is 0. The van der Waals surface area contributed by atoms with Crippen LogP contribution in [-0.2, 0) is 0 Å². The molecule has 90 valence electrons. The van der Waals surface area contributed by atoms with E-state index in [1.807, 2.05) is 38.1 Å². The Bertz CT molecular complexity index is 627. The SMILES string of the molecule is Cc1ccc(N)c(Oc2cc(C)ccc2C#N)c1. The molecule has 3 nitrogen and oxygen atoms in total. The molecule has 0 saturated heterocycles. The largest absolute Gasteiger partial charge is 0.454 e. The van der Waals surface area contributed by atoms with Crippen LogP contribution >= 0.6 is 0 Å². The average Bonchev–Trinajstić information content (AvgIpc) is 2.34. The predicted molar refractivity (Wildman–Crippen MR) is 71.6 cm³/mol. The van der Waals surface area contributed by atoms with Crippen LogP contribution in [0.25, 0.3) is 0 Å². The van der Waals surface area contributed by atoms with Crippen LogP contribution in [0.4, 0.5) is 5.69 Å². The Morgan fingerprint density at radius 1 is 1.00 bits per heavy atom. The molecule has 0 atom stereocenters. The quantitative estimate of drug-likeness (QED) is 0.814. The van der Waals surface area contributed by atoms with E-state index in [1.54, 1.807) is 12.1 Å². The molecule has 2 rings (SSSR count). The minimum atomic E-state index is 0.501. The fourth-order valence-electron chi connectivity index (χ4n) is 1.65. The van der Waals surface area contributed by atoms with Crippen LogP contribution in [-0.4, -0.2) is 0 Å². The van der Waals surface area contributed by atoms with Crippen molar-refractivity contribution < 1.29 is 4.74 Å². The van der Waals surface area contributed by atoms with E-state index in [0.29, 0.717) is 22.7 Å². The first-order chi connectivity index (χ1) is 8.60. The molecule has 0 fully saturated rings. The smallest absolute Gasteiger partial charge is 0.150 e. The van der Waals surface area contributed by atoms with Crippen molar-refractivity contribution >= 4 is 5.69 Å². The number of benzene rings is 2. The molecule has 0 aliphatic carbocycles. The molecule has 0 aromatic heterocycles. The topological polar surface area (TPSA) is 59.0 Å². The molecule has 18 heavy (non-hydrogen) atoms. The van der Waals surface area contributed by atoms with Crippen LogP contribution < -0.4 is 10.5 Å². The molecule has 0 saturated carbocycles. The Hall–Kier alpha value is -2.47. The molecular formula is C15H14N2O. The average molecular weight is 238 g/mol. The lowest BCUT2D eigenvalue weighted by Gasteiger charge is -2.11. The van der Waals surface area contributed by atoms with E-state index in [4.69, 9.17) is 15.7 Å². The number of anilines is 1. The zero-order chi connectivity index (χ0) is 13.1. The zero-order valence-corrected chi connectivity index (χ0v) is 10.4. The van der Waals surface area contributed by atoms with E-state index in [-0.39, 0.29) is 0 Å². The summed E-state index contributed by atoms with van der Waals surface area (Å²) in [6.45, 7) is 3.92. The minimum Gasteiger partial charge on any atom is -0.454 e. The first-order valence-corrected chi connectivity index (χ1v) is 5.65. The van der Waals surface area contributed by atoms with E-state index in [0.717, 1.165) is 11.1 Å². The summed E-state index contributed by atoms with van der Waals surface area (Å²) in [6, 6.07) is 13.1. The molecule has 0 aliphatic heterocycles. The maximum absolute atomic E-state index is 9.05. The van der Waals surface area contributed by atoms with Crippen LogP contribution in [0.5, 0.6) is 11.5 Å². The van der Waals surface area contributed by atoms with Gasteiger partial charge in [-0.1, -0.05) is 12.1 Å². The lowest BCUT2D eigenvalue weighted by atomic mass is 10.1. The molecule has 0 radical (unpaired) electrons. The Morgan fingerprint density at radius 3 is 2.28 bits per heavy atom. The van der Waals surface area contributed by atoms with Gasteiger partial charge >= 0.3 is 0 Å². The summed E-state index contributed by atoms with van der Waals surface area (Å²) < 4.78 is 5.75. The highest BCUT2D eigenvalue weighted by molar-refractivity contribution is 5.57. The predicted octanol–water partition coefficient (Wildman–Crippen LogP) is 3.55. The van der Waals surface area contributed by atoms with Gasteiger partial charge in [-0.3, -0.25) is 0 Å². The fourth-order valence-corrected chi connectivity index (χ4v) is 1.65. The maximum Gasteiger partial charge on any atom is 0.150 e. The van der Waals surface area contributed by atoms with Crippen molar-refractivity contribution in [3.63, 3.8) is 0 Å². The summed E-state index contributed by atoms with van der Waals surface area (Å²) in [5.41, 5.74) is 9.02. The van der Waals surface area contributed by atoms with Crippen molar-refractivity contribution in [1.29, 1.82) is 5.26 Å². The molecule has 2 aromatic carbocycles. The molecule has 0 heterocycles. The summed E-state index contributed by atoms with van der Waals surface area (Å²) in [7, 11) is 0. The first kappa shape index (κ1) is 12.0. The van der Waals surface area contributed by atoms with Gasteiger partial charge in [0.1, 0.15) is 11.8 Å². The van der Waals surface area contributed by atoms with Crippen molar-refractivity contribution in [1.82, 2.24) is 0 Å². The standard InChI is InChI=1S/C15H14N2O/c1-10-3-5-12(9-16)14(7-10)18-15-8-11(2)4-6-13(15)17/h3-8H,17H2,1-2H3. The summed E-state index contributed by atoms with van der Waals surface area (Å²) in [5, 5.41) is 9.05. The Balaban J connectivity index is 2.43. The lowest BCUT2D eigenvalue weighted by molar-refractivity contribution is 0.482. The number of nitrogens with two attached hydrogens (primary N) is 1. The van der Waals surface area contributed by atoms with E-state index in [9.17, 15) is 0 Å². The number of nitriles is 1. The third-order valence-corrected chi connectivity index (χ3v) is 2.65. The van der Waals surface area contributed by atoms with E-state index < -0.39 is 0 Å². The van der Waals surface area contributed by atoms with Crippen LogP contribution in [0.1, 0.15) is 16.7 Å². The van der Waals surface area contributed by atoms with Crippen molar-refractivity contribution in [2.45, 2.75) is 13.8 Å². The zero-order valence-electron chi connectivity index (χ0n) is 10.4. The number of nitrogens with zero attached hydrogens (tertiary/aromatic N) is 1. The third kappa shape index (κ3) is 2.44. The second-order valence-electron chi connectivity index (χ2n) is 4.25. The molecular weight excluding hydrogens is 224 g/mol. The second-order valence-corrected chi connectivity index (χ2v) is 4.25. The van der Waals surface area contributed by atoms with Crippen molar-refractivity contribution in [3.8, 4) is 17.6 Å². The van der Waals surface area contributed by atoms with Gasteiger partial charge in [-0.05, 0) is 49.2 Å². The van der Waals surface area contributed by atoms with Gasteiger partial charge in [0, 0.05) is 0 Å². The van der Waals surface area contributed by atoms with Crippen LogP contribution in [0, 0.1) is 25.2 Å². The maximum atomic E-state index is 9.05. The first-order valence-electron chi connectivity index (χ1n) is 5.65. The fraction of sp³-hybridized carbons (Fsp3) is 0.133. The lowest BCUT2D eigenvalue weighted by Crippen LogP contribution is -1.94. The van der Waals surface area contributed by atoms with Crippen LogP contribution in [0.3, 0.4) is 0 Å². The van der Waals surface area contributed by atoms with E-state index in [2.05, 4.69) is 6.07 Å². The molecule has 0 aliphatic rings. The number of rotatable bonds is 2. The van der Waals surface area contributed by atoms with Crippen LogP contribution in [0.2, 0.25) is 0 Å². The molecule has 3 heteroatoms. The normalized spacial score (nSPS) is 9.83. The summed E-state index contributed by atoms with van der Waals surface area (Å²) in [4.78, 5) is 0. The van der Waals surface area contributed by atoms with Gasteiger partial charge in [-0.2, -0.15) is 5.26 Å². The van der Waals surface area contributed by atoms with Crippen molar-refractivity contribution in [2.75, 3.05) is 5.73 Å². The highest BCUT2D eigenvalue weighted by Gasteiger charge is 2.07. The van der Waals surface area contributed by atoms with Gasteiger partial charge in [0.15, 0.2) is 5.75 Å². The number of nitrogen functional groups attached to an aromatic ring is 1. The number of hydrogen-bond donors (Lipinski definition) is 1. The molecule has 0 bridgehead atoms. The third-order valence-electron chi connectivity index (χ3n) is 2.65. The van der Waals surface area contributed by atoms with E-state index >= 15 is 0 Å². The van der Waals surface area contributed by atoms with Crippen LogP contribution in [0.15, 0.2) is 36.4 Å². The van der Waals surface area contributed by atoms with Gasteiger partial charge in [0.05, 0.1) is 11.3 Å². The number of hydrogen-bond acceptors (Lipinski definition) is 3.